The number of nitro groups is 1. The van der Waals surface area contributed by atoms with Gasteiger partial charge in [-0.3, -0.25) is 19.7 Å². The lowest BCUT2D eigenvalue weighted by atomic mass is 10.1. The lowest BCUT2D eigenvalue weighted by Crippen LogP contribution is -2.13. The van der Waals surface area contributed by atoms with E-state index < -0.39 is 10.8 Å². The third-order valence-electron chi connectivity index (χ3n) is 2.66. The molecule has 8 nitrogen and oxygen atoms in total. The molecule has 21 heavy (non-hydrogen) atoms. The quantitative estimate of drug-likeness (QED) is 0.323. The van der Waals surface area contributed by atoms with Crippen molar-refractivity contribution in [3.05, 3.63) is 33.9 Å². The van der Waals surface area contributed by atoms with Gasteiger partial charge in [-0.2, -0.15) is 0 Å². The van der Waals surface area contributed by atoms with E-state index in [1.54, 1.807) is 6.92 Å². The zero-order chi connectivity index (χ0) is 15.8. The summed E-state index contributed by atoms with van der Waals surface area (Å²) in [6.07, 6.45) is 0.668. The van der Waals surface area contributed by atoms with Crippen molar-refractivity contribution >= 4 is 23.3 Å². The molecule has 0 radical (unpaired) electrons. The molecule has 1 aromatic rings. The van der Waals surface area contributed by atoms with Gasteiger partial charge in [-0.25, -0.2) is 0 Å². The van der Waals surface area contributed by atoms with E-state index in [9.17, 15) is 19.7 Å². The summed E-state index contributed by atoms with van der Waals surface area (Å²) in [5.41, 5.74) is 5.35. The van der Waals surface area contributed by atoms with Gasteiger partial charge in [0, 0.05) is 24.6 Å². The van der Waals surface area contributed by atoms with Gasteiger partial charge in [0.2, 0.25) is 5.91 Å². The number of nitrogens with one attached hydrogen (secondary N) is 1. The van der Waals surface area contributed by atoms with Gasteiger partial charge >= 0.3 is 5.97 Å². The summed E-state index contributed by atoms with van der Waals surface area (Å²) in [6.45, 7) is 2.37. The maximum absolute atomic E-state index is 11.2. The Balaban J connectivity index is 2.67. The molecule has 0 heterocycles. The summed E-state index contributed by atoms with van der Waals surface area (Å²) >= 11 is 0. The normalized spacial score (nSPS) is 9.95. The average molecular weight is 295 g/mol. The Morgan fingerprint density at radius 3 is 2.71 bits per heavy atom. The van der Waals surface area contributed by atoms with Crippen molar-refractivity contribution < 1.29 is 19.2 Å². The van der Waals surface area contributed by atoms with Gasteiger partial charge in [0.25, 0.3) is 5.69 Å². The van der Waals surface area contributed by atoms with Crippen molar-refractivity contribution in [2.45, 2.75) is 19.8 Å². The minimum Gasteiger partial charge on any atom is -0.466 e. The Labute approximate surface area is 121 Å². The van der Waals surface area contributed by atoms with Crippen LogP contribution < -0.4 is 11.1 Å². The fraction of sp³-hybridized carbons (Fsp3) is 0.385. The molecule has 1 amide bonds. The summed E-state index contributed by atoms with van der Waals surface area (Å²) in [7, 11) is 0. The molecule has 0 fully saturated rings. The zero-order valence-electron chi connectivity index (χ0n) is 11.6. The van der Waals surface area contributed by atoms with E-state index in [-0.39, 0.29) is 29.3 Å². The molecule has 3 N–H and O–H groups in total. The number of anilines is 1. The number of hydrogen-bond donors (Lipinski definition) is 2. The molecule has 0 aromatic heterocycles. The SMILES string of the molecule is CCOC(=O)CCCNc1cc(C(N)=O)ccc1[N+](=O)[O-]. The molecule has 0 saturated carbocycles. The second kappa shape index (κ2) is 7.83. The first-order chi connectivity index (χ1) is 9.95. The van der Waals surface area contributed by atoms with Crippen LogP contribution >= 0.6 is 0 Å². The molecule has 0 aliphatic rings. The van der Waals surface area contributed by atoms with E-state index in [1.165, 1.54) is 18.2 Å². The summed E-state index contributed by atoms with van der Waals surface area (Å²) in [4.78, 5) is 32.6. The summed E-state index contributed by atoms with van der Waals surface area (Å²) in [6, 6.07) is 3.84. The number of carbonyl (C=O) groups is 2. The van der Waals surface area contributed by atoms with Crippen molar-refractivity contribution in [1.82, 2.24) is 0 Å². The Morgan fingerprint density at radius 2 is 2.14 bits per heavy atom. The average Bonchev–Trinajstić information content (AvgIpc) is 2.43. The van der Waals surface area contributed by atoms with Crippen LogP contribution in [0.15, 0.2) is 18.2 Å². The number of nitro benzene ring substituents is 1. The fourth-order valence-corrected chi connectivity index (χ4v) is 1.68. The Morgan fingerprint density at radius 1 is 1.43 bits per heavy atom. The van der Waals surface area contributed by atoms with Crippen molar-refractivity contribution in [1.29, 1.82) is 0 Å². The van der Waals surface area contributed by atoms with Crippen molar-refractivity contribution in [2.75, 3.05) is 18.5 Å². The molecular weight excluding hydrogens is 278 g/mol. The molecule has 0 unspecified atom stereocenters. The monoisotopic (exact) mass is 295 g/mol. The number of amides is 1. The lowest BCUT2D eigenvalue weighted by Gasteiger charge is -2.08. The largest absolute Gasteiger partial charge is 0.466 e. The molecule has 0 aliphatic heterocycles. The third-order valence-corrected chi connectivity index (χ3v) is 2.66. The van der Waals surface area contributed by atoms with Crippen LogP contribution in [0, 0.1) is 10.1 Å². The minimum atomic E-state index is -0.667. The number of nitrogens with zero attached hydrogens (tertiary/aromatic N) is 1. The zero-order valence-corrected chi connectivity index (χ0v) is 11.6. The highest BCUT2D eigenvalue weighted by Crippen LogP contribution is 2.25. The second-order valence-electron chi connectivity index (χ2n) is 4.19. The predicted molar refractivity (Wildman–Crippen MR) is 76.0 cm³/mol. The first-order valence-electron chi connectivity index (χ1n) is 6.43. The Kier molecular flexibility index (Phi) is 6.12. The van der Waals surface area contributed by atoms with Gasteiger partial charge in [0.15, 0.2) is 0 Å². The summed E-state index contributed by atoms with van der Waals surface area (Å²) in [5, 5.41) is 13.7. The first kappa shape index (κ1) is 16.4. The molecule has 0 aliphatic carbocycles. The highest BCUT2D eigenvalue weighted by atomic mass is 16.6. The molecule has 0 spiro atoms. The predicted octanol–water partition coefficient (Wildman–Crippen LogP) is 1.45. The number of esters is 1. The fourth-order valence-electron chi connectivity index (χ4n) is 1.68. The van der Waals surface area contributed by atoms with Gasteiger partial charge in [-0.15, -0.1) is 0 Å². The standard InChI is InChI=1S/C13H17N3O5/c1-2-21-12(17)4-3-7-15-10-8-9(13(14)18)5-6-11(10)16(19)20/h5-6,8,15H,2-4,7H2,1H3,(H2,14,18). The topological polar surface area (TPSA) is 125 Å². The second-order valence-corrected chi connectivity index (χ2v) is 4.19. The smallest absolute Gasteiger partial charge is 0.305 e. The molecule has 0 saturated heterocycles. The van der Waals surface area contributed by atoms with Crippen LogP contribution in [0.2, 0.25) is 0 Å². The third kappa shape index (κ3) is 5.09. The number of nitrogens with two attached hydrogens (primary N) is 1. The number of hydrogen-bond acceptors (Lipinski definition) is 6. The van der Waals surface area contributed by atoms with Crippen LogP contribution in [-0.4, -0.2) is 30.0 Å². The molecule has 0 bridgehead atoms. The molecular formula is C13H17N3O5. The lowest BCUT2D eigenvalue weighted by molar-refractivity contribution is -0.384. The van der Waals surface area contributed by atoms with E-state index in [0.29, 0.717) is 19.6 Å². The maximum atomic E-state index is 11.2. The van der Waals surface area contributed by atoms with E-state index in [1.807, 2.05) is 0 Å². The van der Waals surface area contributed by atoms with E-state index in [4.69, 9.17) is 10.5 Å². The Bertz CT molecular complexity index is 545. The molecule has 114 valence electrons. The first-order valence-corrected chi connectivity index (χ1v) is 6.43. The van der Waals surface area contributed by atoms with Crippen LogP contribution in [0.1, 0.15) is 30.1 Å². The van der Waals surface area contributed by atoms with Crippen LogP contribution in [0.3, 0.4) is 0 Å². The van der Waals surface area contributed by atoms with Gasteiger partial charge in [-0.05, 0) is 25.5 Å². The highest BCUT2D eigenvalue weighted by molar-refractivity contribution is 5.94. The van der Waals surface area contributed by atoms with Crippen LogP contribution in [-0.2, 0) is 9.53 Å². The maximum Gasteiger partial charge on any atom is 0.305 e. The molecule has 1 rings (SSSR count). The molecule has 0 atom stereocenters. The summed E-state index contributed by atoms with van der Waals surface area (Å²) < 4.78 is 4.77. The number of benzene rings is 1. The summed E-state index contributed by atoms with van der Waals surface area (Å²) in [5.74, 6) is -0.987. The van der Waals surface area contributed by atoms with Gasteiger partial charge < -0.3 is 15.8 Å². The van der Waals surface area contributed by atoms with E-state index >= 15 is 0 Å². The number of ether oxygens (including phenoxy) is 1. The van der Waals surface area contributed by atoms with E-state index in [0.717, 1.165) is 0 Å². The van der Waals surface area contributed by atoms with Crippen molar-refractivity contribution in [3.63, 3.8) is 0 Å². The Hall–Kier alpha value is -2.64. The van der Waals surface area contributed by atoms with E-state index in [2.05, 4.69) is 5.32 Å². The van der Waals surface area contributed by atoms with Crippen molar-refractivity contribution in [2.24, 2.45) is 5.73 Å². The van der Waals surface area contributed by atoms with Crippen LogP contribution in [0.5, 0.6) is 0 Å². The van der Waals surface area contributed by atoms with Crippen LogP contribution in [0.25, 0.3) is 0 Å². The number of rotatable bonds is 8. The van der Waals surface area contributed by atoms with Crippen LogP contribution in [0.4, 0.5) is 11.4 Å². The minimum absolute atomic E-state index is 0.156. The van der Waals surface area contributed by atoms with Crippen molar-refractivity contribution in [3.8, 4) is 0 Å². The molecule has 8 heteroatoms. The van der Waals surface area contributed by atoms with Gasteiger partial charge in [-0.1, -0.05) is 0 Å². The molecule has 1 aromatic carbocycles. The highest BCUT2D eigenvalue weighted by Gasteiger charge is 2.15. The number of carbonyl (C=O) groups excluding carboxylic acids is 2. The van der Waals surface area contributed by atoms with Gasteiger partial charge in [0.05, 0.1) is 11.5 Å². The van der Waals surface area contributed by atoms with Gasteiger partial charge in [0.1, 0.15) is 5.69 Å². The number of primary amides is 1.